The van der Waals surface area contributed by atoms with E-state index in [0.717, 1.165) is 40.1 Å². The normalized spacial score (nSPS) is 25.7. The standard InChI is InChI=1S/C26H17BrN2O6/c1-13(30)35-20-11-10-14(12-19(20)29(33)34)28-24(31)22-21-15-6-2-4-8-17(15)26(27,23(22)25(28)32)18-9-5-3-7-16(18)21/h2-12,21-23H,1H3/t21?,22-,23+,26?/m1/s1. The summed E-state index contributed by atoms with van der Waals surface area (Å²) >= 11 is 3.92. The smallest absolute Gasteiger partial charge is 0.313 e. The monoisotopic (exact) mass is 532 g/mol. The number of hydrogen-bond donors (Lipinski definition) is 0. The van der Waals surface area contributed by atoms with E-state index in [1.807, 2.05) is 48.5 Å². The van der Waals surface area contributed by atoms with Crippen molar-refractivity contribution in [1.29, 1.82) is 0 Å². The number of anilines is 1. The van der Waals surface area contributed by atoms with E-state index in [2.05, 4.69) is 15.9 Å². The van der Waals surface area contributed by atoms with Crippen LogP contribution in [0.2, 0.25) is 0 Å². The lowest BCUT2D eigenvalue weighted by atomic mass is 9.55. The number of halogens is 1. The van der Waals surface area contributed by atoms with Crippen molar-refractivity contribution < 1.29 is 24.0 Å². The molecule has 9 heteroatoms. The van der Waals surface area contributed by atoms with E-state index in [1.165, 1.54) is 12.1 Å². The van der Waals surface area contributed by atoms with Crippen LogP contribution in [0.3, 0.4) is 0 Å². The molecular weight excluding hydrogens is 516 g/mol. The number of esters is 1. The van der Waals surface area contributed by atoms with E-state index in [1.54, 1.807) is 0 Å². The Morgan fingerprint density at radius 1 is 1.00 bits per heavy atom. The molecule has 0 aromatic heterocycles. The van der Waals surface area contributed by atoms with Gasteiger partial charge in [-0.15, -0.1) is 0 Å². The van der Waals surface area contributed by atoms with Crippen molar-refractivity contribution in [2.24, 2.45) is 11.8 Å². The lowest BCUT2D eigenvalue weighted by molar-refractivity contribution is -0.385. The van der Waals surface area contributed by atoms with Crippen LogP contribution in [-0.2, 0) is 18.7 Å². The maximum absolute atomic E-state index is 13.9. The van der Waals surface area contributed by atoms with Crippen molar-refractivity contribution >= 4 is 45.1 Å². The number of nitro groups is 1. The highest BCUT2D eigenvalue weighted by Crippen LogP contribution is 2.66. The van der Waals surface area contributed by atoms with Gasteiger partial charge in [0.15, 0.2) is 0 Å². The molecule has 174 valence electrons. The number of benzene rings is 3. The number of amides is 2. The van der Waals surface area contributed by atoms with Crippen LogP contribution in [0, 0.1) is 22.0 Å². The first-order chi connectivity index (χ1) is 16.7. The van der Waals surface area contributed by atoms with Crippen molar-refractivity contribution in [3.05, 3.63) is 99.1 Å². The topological polar surface area (TPSA) is 107 Å². The molecule has 8 nitrogen and oxygen atoms in total. The molecule has 3 aliphatic carbocycles. The minimum Gasteiger partial charge on any atom is -0.419 e. The molecule has 35 heavy (non-hydrogen) atoms. The largest absolute Gasteiger partial charge is 0.419 e. The van der Waals surface area contributed by atoms with E-state index < -0.39 is 44.6 Å². The number of nitrogens with zero attached hydrogens (tertiary/aromatic N) is 2. The second-order valence-electron chi connectivity index (χ2n) is 8.88. The zero-order valence-corrected chi connectivity index (χ0v) is 19.9. The van der Waals surface area contributed by atoms with Gasteiger partial charge in [0.1, 0.15) is 0 Å². The van der Waals surface area contributed by atoms with E-state index >= 15 is 0 Å². The van der Waals surface area contributed by atoms with E-state index in [4.69, 9.17) is 4.74 Å². The first-order valence-corrected chi connectivity index (χ1v) is 11.8. The first kappa shape index (κ1) is 21.7. The highest BCUT2D eigenvalue weighted by molar-refractivity contribution is 9.09. The van der Waals surface area contributed by atoms with Crippen LogP contribution >= 0.6 is 15.9 Å². The third-order valence-electron chi connectivity index (χ3n) is 7.17. The van der Waals surface area contributed by atoms with Crippen LogP contribution in [0.25, 0.3) is 0 Å². The maximum atomic E-state index is 13.9. The van der Waals surface area contributed by atoms with E-state index in [9.17, 15) is 24.5 Å². The minimum absolute atomic E-state index is 0.0700. The molecule has 0 saturated carbocycles. The fraction of sp³-hybridized carbons (Fsp3) is 0.192. The lowest BCUT2D eigenvalue weighted by Crippen LogP contribution is -2.50. The Balaban J connectivity index is 1.52. The molecule has 1 saturated heterocycles. The van der Waals surface area contributed by atoms with Gasteiger partial charge in [-0.2, -0.15) is 0 Å². The molecule has 0 unspecified atom stereocenters. The van der Waals surface area contributed by atoms with Gasteiger partial charge in [0.05, 0.1) is 26.8 Å². The Kier molecular flexibility index (Phi) is 4.53. The molecule has 7 rings (SSSR count). The molecule has 4 aliphatic rings. The molecular formula is C26H17BrN2O6. The zero-order chi connectivity index (χ0) is 24.6. The summed E-state index contributed by atoms with van der Waals surface area (Å²) in [6.45, 7) is 1.14. The summed E-state index contributed by atoms with van der Waals surface area (Å²) < 4.78 is 4.03. The number of hydrogen-bond acceptors (Lipinski definition) is 6. The van der Waals surface area contributed by atoms with Gasteiger partial charge in [0, 0.05) is 18.9 Å². The van der Waals surface area contributed by atoms with Gasteiger partial charge in [-0.3, -0.25) is 24.5 Å². The summed E-state index contributed by atoms with van der Waals surface area (Å²) in [5.41, 5.74) is 3.44. The molecule has 2 bridgehead atoms. The summed E-state index contributed by atoms with van der Waals surface area (Å²) in [4.78, 5) is 51.2. The molecule has 0 N–H and O–H groups in total. The predicted molar refractivity (Wildman–Crippen MR) is 128 cm³/mol. The Morgan fingerprint density at radius 3 is 2.17 bits per heavy atom. The third-order valence-corrected chi connectivity index (χ3v) is 8.51. The maximum Gasteiger partial charge on any atom is 0.313 e. The van der Waals surface area contributed by atoms with Crippen molar-refractivity contribution in [2.75, 3.05) is 4.90 Å². The van der Waals surface area contributed by atoms with Gasteiger partial charge in [-0.25, -0.2) is 4.90 Å². The quantitative estimate of drug-likeness (QED) is 0.123. The Bertz CT molecular complexity index is 1440. The van der Waals surface area contributed by atoms with Gasteiger partial charge >= 0.3 is 11.7 Å². The fourth-order valence-electron chi connectivity index (χ4n) is 5.96. The number of ether oxygens (including phenoxy) is 1. The predicted octanol–water partition coefficient (Wildman–Crippen LogP) is 4.42. The van der Waals surface area contributed by atoms with Crippen molar-refractivity contribution in [1.82, 2.24) is 0 Å². The SMILES string of the molecule is CC(=O)Oc1ccc(N2C(=O)[C@@H]3C4c5ccccc5C(Br)(c5ccccc54)[C@@H]3C2=O)cc1[N+](=O)[O-]. The van der Waals surface area contributed by atoms with E-state index in [-0.39, 0.29) is 17.4 Å². The Labute approximate surface area is 207 Å². The van der Waals surface area contributed by atoms with E-state index in [0.29, 0.717) is 0 Å². The summed E-state index contributed by atoms with van der Waals surface area (Å²) in [7, 11) is 0. The van der Waals surface area contributed by atoms with Crippen molar-refractivity contribution in [2.45, 2.75) is 17.2 Å². The molecule has 2 atom stereocenters. The highest BCUT2D eigenvalue weighted by atomic mass is 79.9. The van der Waals surface area contributed by atoms with Crippen LogP contribution in [0.5, 0.6) is 5.75 Å². The van der Waals surface area contributed by atoms with Gasteiger partial charge in [-0.1, -0.05) is 64.5 Å². The highest BCUT2D eigenvalue weighted by Gasteiger charge is 2.67. The second-order valence-corrected chi connectivity index (χ2v) is 10.1. The summed E-state index contributed by atoms with van der Waals surface area (Å²) in [6.07, 6.45) is 0. The van der Waals surface area contributed by atoms with Gasteiger partial charge in [0.2, 0.25) is 17.6 Å². The molecule has 0 radical (unpaired) electrons. The minimum atomic E-state index is -0.912. The number of carbonyl (C=O) groups is 3. The molecule has 3 aromatic carbocycles. The molecule has 1 heterocycles. The summed E-state index contributed by atoms with van der Waals surface area (Å²) in [6, 6.07) is 19.3. The molecule has 2 amide bonds. The summed E-state index contributed by atoms with van der Waals surface area (Å²) in [5.74, 6) is -3.51. The number of carbonyl (C=O) groups excluding carboxylic acids is 3. The van der Waals surface area contributed by atoms with Crippen LogP contribution in [0.4, 0.5) is 11.4 Å². The lowest BCUT2D eigenvalue weighted by Gasteiger charge is -2.51. The van der Waals surface area contributed by atoms with Crippen LogP contribution in [-0.4, -0.2) is 22.7 Å². The van der Waals surface area contributed by atoms with Gasteiger partial charge in [0.25, 0.3) is 0 Å². The van der Waals surface area contributed by atoms with Crippen LogP contribution < -0.4 is 9.64 Å². The van der Waals surface area contributed by atoms with Gasteiger partial charge in [-0.05, 0) is 34.4 Å². The third kappa shape index (κ3) is 2.75. The molecule has 1 aliphatic heterocycles. The Morgan fingerprint density at radius 2 is 1.60 bits per heavy atom. The number of alkyl halides is 1. The van der Waals surface area contributed by atoms with Crippen molar-refractivity contribution in [3.63, 3.8) is 0 Å². The number of rotatable bonds is 3. The van der Waals surface area contributed by atoms with Gasteiger partial charge < -0.3 is 4.74 Å². The molecule has 0 spiro atoms. The summed E-state index contributed by atoms with van der Waals surface area (Å²) in [5, 5.41) is 11.7. The first-order valence-electron chi connectivity index (χ1n) is 11.0. The van der Waals surface area contributed by atoms with Crippen LogP contribution in [0.1, 0.15) is 35.1 Å². The fourth-order valence-corrected chi connectivity index (χ4v) is 7.17. The average Bonchev–Trinajstić information content (AvgIpc) is 3.11. The number of imide groups is 1. The molecule has 1 fully saturated rings. The second kappa shape index (κ2) is 7.32. The Hall–Kier alpha value is -3.85. The average molecular weight is 533 g/mol. The van der Waals surface area contributed by atoms with Crippen LogP contribution in [0.15, 0.2) is 66.7 Å². The zero-order valence-electron chi connectivity index (χ0n) is 18.3. The van der Waals surface area contributed by atoms with Crippen molar-refractivity contribution in [3.8, 4) is 5.75 Å². The molecule has 3 aromatic rings. The number of nitro benzene ring substituents is 1.